The third-order valence-corrected chi connectivity index (χ3v) is 8.22. The number of hydrogen-bond donors (Lipinski definition) is 2. The number of carbonyl (C=O) groups is 1. The van der Waals surface area contributed by atoms with Crippen LogP contribution in [0.3, 0.4) is 0 Å². The van der Waals surface area contributed by atoms with Gasteiger partial charge in [-0.25, -0.2) is 4.39 Å². The van der Waals surface area contributed by atoms with Crippen LogP contribution in [-0.4, -0.2) is 53.2 Å². The van der Waals surface area contributed by atoms with E-state index in [2.05, 4.69) is 9.55 Å². The van der Waals surface area contributed by atoms with Crippen LogP contribution >= 0.6 is 11.6 Å². The van der Waals surface area contributed by atoms with Gasteiger partial charge in [0.05, 0.1) is 10.5 Å². The number of piperidine rings is 1. The highest BCUT2D eigenvalue weighted by Gasteiger charge is 2.29. The molecule has 1 fully saturated rings. The van der Waals surface area contributed by atoms with E-state index in [1.54, 1.807) is 25.4 Å². The number of carbonyl (C=O) groups excluding carboxylic acids is 1. The van der Waals surface area contributed by atoms with Gasteiger partial charge >= 0.3 is 0 Å². The molecule has 7 nitrogen and oxygen atoms in total. The number of nitrogens with one attached hydrogen (secondary N) is 1. The average Bonchev–Trinajstić information content (AvgIpc) is 3.37. The first-order valence-electron chi connectivity index (χ1n) is 14.1. The Morgan fingerprint density at radius 2 is 1.95 bits per heavy atom. The molecule has 1 aliphatic heterocycles. The van der Waals surface area contributed by atoms with E-state index >= 15 is 0 Å². The summed E-state index contributed by atoms with van der Waals surface area (Å²) in [7, 11) is 1.67. The van der Waals surface area contributed by atoms with Gasteiger partial charge < -0.3 is 24.9 Å². The first-order valence-corrected chi connectivity index (χ1v) is 14.5. The highest BCUT2D eigenvalue weighted by Crippen LogP contribution is 2.36. The number of aryl methyl sites for hydroxylation is 1. The van der Waals surface area contributed by atoms with Gasteiger partial charge in [0.25, 0.3) is 0 Å². The summed E-state index contributed by atoms with van der Waals surface area (Å²) < 4.78 is 22.1. The number of ether oxygens (including phenoxy) is 1. The minimum absolute atomic E-state index is 0.0401. The highest BCUT2D eigenvalue weighted by atomic mass is 35.5. The Bertz CT molecular complexity index is 1550. The molecular formula is C32H36ClFN4O3. The molecule has 0 aliphatic carbocycles. The van der Waals surface area contributed by atoms with Gasteiger partial charge in [-0.15, -0.1) is 0 Å². The molecule has 41 heavy (non-hydrogen) atoms. The van der Waals surface area contributed by atoms with E-state index < -0.39 is 0 Å². The molecule has 4 aromatic rings. The van der Waals surface area contributed by atoms with Gasteiger partial charge in [-0.2, -0.15) is 0 Å². The number of fused-ring (bicyclic) bond motifs is 1. The molecule has 216 valence electrons. The van der Waals surface area contributed by atoms with Crippen molar-refractivity contribution in [3.05, 3.63) is 93.2 Å². The number of likely N-dealkylation sites (tertiary alicyclic amines) is 1. The molecule has 0 saturated carbocycles. The number of aromatic amines is 1. The Balaban J connectivity index is 1.25. The van der Waals surface area contributed by atoms with Crippen LogP contribution in [0.2, 0.25) is 5.02 Å². The van der Waals surface area contributed by atoms with Crippen LogP contribution < -0.4 is 11.3 Å². The summed E-state index contributed by atoms with van der Waals surface area (Å²) >= 11 is 6.54. The first-order chi connectivity index (χ1) is 19.8. The first kappa shape index (κ1) is 29.0. The second-order valence-electron chi connectivity index (χ2n) is 10.8. The quantitative estimate of drug-likeness (QED) is 0.243. The molecule has 2 aromatic heterocycles. The monoisotopic (exact) mass is 578 g/mol. The summed E-state index contributed by atoms with van der Waals surface area (Å²) in [6.07, 6.45) is 5.09. The molecule has 3 N–H and O–H groups in total. The van der Waals surface area contributed by atoms with E-state index in [4.69, 9.17) is 22.1 Å². The maximum atomic E-state index is 14.8. The van der Waals surface area contributed by atoms with Gasteiger partial charge in [0.2, 0.25) is 11.5 Å². The normalized spacial score (nSPS) is 16.3. The Morgan fingerprint density at radius 3 is 2.68 bits per heavy atom. The lowest BCUT2D eigenvalue weighted by Crippen LogP contribution is -2.42. The van der Waals surface area contributed by atoms with Crippen molar-refractivity contribution in [2.75, 3.05) is 26.8 Å². The van der Waals surface area contributed by atoms with E-state index in [0.29, 0.717) is 48.6 Å². The summed E-state index contributed by atoms with van der Waals surface area (Å²) in [5.41, 5.74) is 11.0. The summed E-state index contributed by atoms with van der Waals surface area (Å²) in [5, 5.41) is 1.04. The number of hydrogen-bond acceptors (Lipinski definition) is 4. The molecule has 1 aliphatic rings. The van der Waals surface area contributed by atoms with Crippen LogP contribution in [0, 0.1) is 5.82 Å². The van der Waals surface area contributed by atoms with Crippen molar-refractivity contribution >= 4 is 28.4 Å². The molecular weight excluding hydrogens is 543 g/mol. The minimum Gasteiger partial charge on any atom is -0.385 e. The Morgan fingerprint density at radius 1 is 1.17 bits per heavy atom. The third kappa shape index (κ3) is 6.72. The largest absolute Gasteiger partial charge is 0.385 e. The van der Waals surface area contributed by atoms with E-state index in [1.807, 2.05) is 35.2 Å². The summed E-state index contributed by atoms with van der Waals surface area (Å²) in [6, 6.07) is 15.9. The molecule has 0 radical (unpaired) electrons. The molecule has 0 spiro atoms. The number of nitrogens with two attached hydrogens (primary N) is 1. The molecule has 2 unspecified atom stereocenters. The lowest BCUT2D eigenvalue weighted by atomic mass is 9.93. The topological polar surface area (TPSA) is 93.3 Å². The van der Waals surface area contributed by atoms with Crippen LogP contribution in [0.15, 0.2) is 65.6 Å². The van der Waals surface area contributed by atoms with Gasteiger partial charge in [0.1, 0.15) is 5.82 Å². The number of amides is 1. The number of H-pyrrole nitrogens is 1. The number of pyridine rings is 1. The van der Waals surface area contributed by atoms with Crippen LogP contribution in [0.5, 0.6) is 0 Å². The number of rotatable bonds is 10. The van der Waals surface area contributed by atoms with Crippen LogP contribution in [0.25, 0.3) is 22.0 Å². The molecule has 2 atom stereocenters. The fraction of sp³-hybridized carbons (Fsp3) is 0.375. The molecule has 1 saturated heterocycles. The number of halogens is 2. The van der Waals surface area contributed by atoms with Crippen molar-refractivity contribution in [3.63, 3.8) is 0 Å². The summed E-state index contributed by atoms with van der Waals surface area (Å²) in [5.74, 6) is -0.175. The second kappa shape index (κ2) is 13.0. The van der Waals surface area contributed by atoms with E-state index in [9.17, 15) is 14.0 Å². The van der Waals surface area contributed by atoms with E-state index in [-0.39, 0.29) is 35.7 Å². The third-order valence-electron chi connectivity index (χ3n) is 7.92. The second-order valence-corrected chi connectivity index (χ2v) is 11.3. The standard InChI is InChI=1S/C32H36ClFN4O3/c1-41-15-3-14-38-29(18-26-28(34)11-10-27(33)32(26)38)24-4-2-13-37(20-24)31(40)17-25(35)16-21-5-7-22(8-6-21)23-9-12-30(39)36-19-23/h5-12,18-19,24-25H,2-4,13-17,20,35H2,1H3,(H,36,39). The number of nitrogens with zero attached hydrogens (tertiary/aromatic N) is 2. The smallest absolute Gasteiger partial charge is 0.247 e. The van der Waals surface area contributed by atoms with Crippen molar-refractivity contribution in [2.24, 2.45) is 5.73 Å². The van der Waals surface area contributed by atoms with Crippen molar-refractivity contribution in [2.45, 2.75) is 50.6 Å². The molecule has 5 rings (SSSR count). The predicted molar refractivity (Wildman–Crippen MR) is 161 cm³/mol. The number of aromatic nitrogens is 2. The molecule has 3 heterocycles. The Kier molecular flexibility index (Phi) is 9.22. The van der Waals surface area contributed by atoms with Crippen LogP contribution in [0.1, 0.15) is 42.9 Å². The van der Waals surface area contributed by atoms with Crippen molar-refractivity contribution in [3.8, 4) is 11.1 Å². The van der Waals surface area contributed by atoms with Crippen molar-refractivity contribution in [1.29, 1.82) is 0 Å². The minimum atomic E-state index is -0.310. The van der Waals surface area contributed by atoms with Crippen molar-refractivity contribution in [1.82, 2.24) is 14.5 Å². The molecule has 9 heteroatoms. The maximum Gasteiger partial charge on any atom is 0.247 e. The molecule has 1 amide bonds. The van der Waals surface area contributed by atoms with Crippen molar-refractivity contribution < 1.29 is 13.9 Å². The predicted octanol–water partition coefficient (Wildman–Crippen LogP) is 5.49. The van der Waals surface area contributed by atoms with Crippen LogP contribution in [0.4, 0.5) is 4.39 Å². The van der Waals surface area contributed by atoms with Crippen LogP contribution in [-0.2, 0) is 22.5 Å². The fourth-order valence-corrected chi connectivity index (χ4v) is 6.13. The SMILES string of the molecule is COCCCn1c(C2CCCN(C(=O)CC(N)Cc3ccc(-c4ccc(=O)[nH]c4)cc3)C2)cc2c(F)ccc(Cl)c21. The van der Waals surface area contributed by atoms with Gasteiger partial charge in [-0.3, -0.25) is 9.59 Å². The maximum absolute atomic E-state index is 14.8. The van der Waals surface area contributed by atoms with Gasteiger partial charge in [0.15, 0.2) is 0 Å². The average molecular weight is 579 g/mol. The Labute approximate surface area is 244 Å². The summed E-state index contributed by atoms with van der Waals surface area (Å²) in [4.78, 5) is 29.2. The zero-order valence-corrected chi connectivity index (χ0v) is 24.0. The highest BCUT2D eigenvalue weighted by molar-refractivity contribution is 6.35. The van der Waals surface area contributed by atoms with Gasteiger partial charge in [-0.05, 0) is 66.6 Å². The zero-order chi connectivity index (χ0) is 28.9. The molecule has 0 bridgehead atoms. The van der Waals surface area contributed by atoms with Gasteiger partial charge in [0, 0.05) is 75.1 Å². The summed E-state index contributed by atoms with van der Waals surface area (Å²) in [6.45, 7) is 2.51. The van der Waals surface area contributed by atoms with Gasteiger partial charge in [-0.1, -0.05) is 35.9 Å². The lowest BCUT2D eigenvalue weighted by molar-refractivity contribution is -0.132. The lowest BCUT2D eigenvalue weighted by Gasteiger charge is -2.34. The fourth-order valence-electron chi connectivity index (χ4n) is 5.87. The number of benzene rings is 2. The van der Waals surface area contributed by atoms with E-state index in [1.165, 1.54) is 12.1 Å². The zero-order valence-electron chi connectivity index (χ0n) is 23.2. The Hall–Kier alpha value is -3.46. The van der Waals surface area contributed by atoms with E-state index in [0.717, 1.165) is 41.6 Å². The molecule has 2 aromatic carbocycles. The number of methoxy groups -OCH3 is 1.